The van der Waals surface area contributed by atoms with Crippen molar-refractivity contribution in [3.05, 3.63) is 46.7 Å². The van der Waals surface area contributed by atoms with E-state index < -0.39 is 11.9 Å². The number of carbonyl (C=O) groups excluding carboxylic acids is 3. The number of ketones is 1. The van der Waals surface area contributed by atoms with Crippen LogP contribution < -0.4 is 16.0 Å². The van der Waals surface area contributed by atoms with E-state index in [0.29, 0.717) is 30.6 Å². The van der Waals surface area contributed by atoms with E-state index in [1.807, 2.05) is 19.1 Å². The molecule has 7 nitrogen and oxygen atoms in total. The van der Waals surface area contributed by atoms with Crippen molar-refractivity contribution in [2.45, 2.75) is 59.0 Å². The maximum absolute atomic E-state index is 13.1. The Morgan fingerprint density at radius 3 is 2.66 bits per heavy atom. The molecule has 1 fully saturated rings. The molecule has 0 aromatic heterocycles. The van der Waals surface area contributed by atoms with Crippen molar-refractivity contribution in [2.75, 3.05) is 23.8 Å². The molecule has 0 spiro atoms. The summed E-state index contributed by atoms with van der Waals surface area (Å²) in [4.78, 5) is 41.9. The molecule has 1 saturated carbocycles. The molecule has 2 amide bonds. The number of primary amides is 1. The lowest BCUT2D eigenvalue weighted by Gasteiger charge is -2.39. The molecular formula is C25H32N4O3. The number of nitrogens with two attached hydrogens (primary N) is 1. The lowest BCUT2D eigenvalue weighted by atomic mass is 9.72. The second-order valence-electron chi connectivity index (χ2n) is 9.99. The summed E-state index contributed by atoms with van der Waals surface area (Å²) >= 11 is 0. The van der Waals surface area contributed by atoms with Crippen LogP contribution in [0.15, 0.2) is 41.1 Å². The molecule has 1 unspecified atom stereocenters. The van der Waals surface area contributed by atoms with Gasteiger partial charge in [0.25, 0.3) is 5.91 Å². The van der Waals surface area contributed by atoms with Gasteiger partial charge in [-0.25, -0.2) is 0 Å². The summed E-state index contributed by atoms with van der Waals surface area (Å²) < 4.78 is 0. The van der Waals surface area contributed by atoms with Crippen LogP contribution in [0.5, 0.6) is 0 Å². The van der Waals surface area contributed by atoms with Crippen molar-refractivity contribution >= 4 is 29.0 Å². The number of Topliss-reactive ketones (excluding diaryl/α,β-unsaturated/α-hetero) is 1. The molecule has 1 aliphatic carbocycles. The number of nitrogens with zero attached hydrogens (tertiary/aromatic N) is 2. The van der Waals surface area contributed by atoms with Gasteiger partial charge in [-0.05, 0) is 55.9 Å². The third-order valence-corrected chi connectivity index (χ3v) is 6.85. The monoisotopic (exact) mass is 436 g/mol. The molecule has 1 aromatic rings. The highest BCUT2D eigenvalue weighted by atomic mass is 16.2. The Kier molecular flexibility index (Phi) is 5.39. The number of fused-ring (bicyclic) bond motifs is 6. The van der Waals surface area contributed by atoms with E-state index >= 15 is 0 Å². The Morgan fingerprint density at radius 2 is 1.97 bits per heavy atom. The van der Waals surface area contributed by atoms with Crippen molar-refractivity contribution in [1.29, 1.82) is 0 Å². The summed E-state index contributed by atoms with van der Waals surface area (Å²) in [6.45, 7) is 8.64. The maximum atomic E-state index is 13.1. The van der Waals surface area contributed by atoms with Crippen LogP contribution in [0.1, 0.15) is 57.3 Å². The second kappa shape index (κ2) is 7.80. The SMILES string of the molecule is CC1=C2C(=O)CC(C)(C)CC2N2/C1=C/CCN(C)C(=O)[C@H](C)Nc1cc2ccc1C(N)=O. The molecule has 3 aliphatic rings. The van der Waals surface area contributed by atoms with E-state index in [1.54, 1.807) is 24.9 Å². The van der Waals surface area contributed by atoms with Gasteiger partial charge in [-0.2, -0.15) is 0 Å². The minimum atomic E-state index is -0.555. The fourth-order valence-corrected chi connectivity index (χ4v) is 5.30. The van der Waals surface area contributed by atoms with Gasteiger partial charge in [0, 0.05) is 42.7 Å². The first kappa shape index (κ1) is 22.1. The molecule has 2 atom stereocenters. The van der Waals surface area contributed by atoms with Crippen molar-refractivity contribution in [3.63, 3.8) is 0 Å². The summed E-state index contributed by atoms with van der Waals surface area (Å²) in [5.41, 5.74) is 10.2. The highest BCUT2D eigenvalue weighted by molar-refractivity contribution is 6.03. The fraction of sp³-hybridized carbons (Fsp3) is 0.480. The molecule has 1 aromatic carbocycles. The van der Waals surface area contributed by atoms with Crippen LogP contribution in [0.4, 0.5) is 11.4 Å². The van der Waals surface area contributed by atoms with Gasteiger partial charge in [0.2, 0.25) is 5.91 Å². The number of amides is 2. The van der Waals surface area contributed by atoms with Crippen LogP contribution in [-0.2, 0) is 9.59 Å². The predicted molar refractivity (Wildman–Crippen MR) is 125 cm³/mol. The zero-order valence-electron chi connectivity index (χ0n) is 19.5. The van der Waals surface area contributed by atoms with Crippen molar-refractivity contribution in [3.8, 4) is 0 Å². The zero-order chi connectivity index (χ0) is 23.4. The summed E-state index contributed by atoms with van der Waals surface area (Å²) in [6.07, 6.45) is 4.21. The number of nitrogens with one attached hydrogen (secondary N) is 1. The number of carbonyl (C=O) groups is 3. The van der Waals surface area contributed by atoms with E-state index in [0.717, 1.165) is 29.0 Å². The molecule has 2 bridgehead atoms. The number of anilines is 2. The number of hydrogen-bond donors (Lipinski definition) is 2. The molecule has 0 saturated heterocycles. The number of benzene rings is 1. The van der Waals surface area contributed by atoms with E-state index in [4.69, 9.17) is 5.73 Å². The smallest absolute Gasteiger partial charge is 0.250 e. The van der Waals surface area contributed by atoms with Gasteiger partial charge in [0.05, 0.1) is 11.6 Å². The first-order valence-corrected chi connectivity index (χ1v) is 11.2. The average molecular weight is 437 g/mol. The van der Waals surface area contributed by atoms with Gasteiger partial charge in [-0.1, -0.05) is 19.9 Å². The van der Waals surface area contributed by atoms with Gasteiger partial charge in [0.1, 0.15) is 6.04 Å². The van der Waals surface area contributed by atoms with Crippen molar-refractivity contribution in [1.82, 2.24) is 4.90 Å². The van der Waals surface area contributed by atoms with Crippen LogP contribution in [0.2, 0.25) is 0 Å². The van der Waals surface area contributed by atoms with Crippen LogP contribution >= 0.6 is 0 Å². The summed E-state index contributed by atoms with van der Waals surface area (Å²) in [5, 5.41) is 3.20. The number of rotatable bonds is 1. The van der Waals surface area contributed by atoms with Crippen molar-refractivity contribution < 1.29 is 14.4 Å². The molecule has 7 heteroatoms. The van der Waals surface area contributed by atoms with E-state index in [2.05, 4.69) is 30.1 Å². The van der Waals surface area contributed by atoms with Gasteiger partial charge < -0.3 is 20.9 Å². The molecule has 4 rings (SSSR count). The van der Waals surface area contributed by atoms with Gasteiger partial charge in [0.15, 0.2) is 5.78 Å². The average Bonchev–Trinajstić information content (AvgIpc) is 2.96. The van der Waals surface area contributed by atoms with Gasteiger partial charge >= 0.3 is 0 Å². The van der Waals surface area contributed by atoms with E-state index in [-0.39, 0.29) is 23.1 Å². The van der Waals surface area contributed by atoms with Crippen molar-refractivity contribution in [2.24, 2.45) is 11.1 Å². The molecular weight excluding hydrogens is 404 g/mol. The molecule has 3 N–H and O–H groups in total. The van der Waals surface area contributed by atoms with Crippen LogP contribution in [-0.4, -0.2) is 48.2 Å². The van der Waals surface area contributed by atoms with Gasteiger partial charge in [-0.15, -0.1) is 0 Å². The summed E-state index contributed by atoms with van der Waals surface area (Å²) in [7, 11) is 1.78. The minimum absolute atomic E-state index is 0.0514. The Morgan fingerprint density at radius 1 is 1.25 bits per heavy atom. The number of allylic oxidation sites excluding steroid dienone is 1. The Balaban J connectivity index is 1.90. The maximum Gasteiger partial charge on any atom is 0.250 e. The lowest BCUT2D eigenvalue weighted by molar-refractivity contribution is -0.130. The van der Waals surface area contributed by atoms with Crippen LogP contribution in [0, 0.1) is 5.41 Å². The van der Waals surface area contributed by atoms with Crippen LogP contribution in [0.3, 0.4) is 0 Å². The normalized spacial score (nSPS) is 27.0. The predicted octanol–water partition coefficient (Wildman–Crippen LogP) is 3.23. The molecule has 2 heterocycles. The third kappa shape index (κ3) is 3.70. The molecule has 170 valence electrons. The lowest BCUT2D eigenvalue weighted by Crippen LogP contribution is -2.42. The Hall–Kier alpha value is -3.09. The topological polar surface area (TPSA) is 95.7 Å². The molecule has 2 aliphatic heterocycles. The quantitative estimate of drug-likeness (QED) is 0.705. The fourth-order valence-electron chi connectivity index (χ4n) is 5.30. The van der Waals surface area contributed by atoms with Crippen LogP contribution in [0.25, 0.3) is 0 Å². The molecule has 32 heavy (non-hydrogen) atoms. The first-order valence-electron chi connectivity index (χ1n) is 11.2. The summed E-state index contributed by atoms with van der Waals surface area (Å²) in [5.74, 6) is -0.413. The standard InChI is InChI=1S/C25H32N4O3/c1-14-19-7-6-10-28(5)24(32)15(2)27-18-11-16(8-9-17(18)23(26)31)29(19)20-12-25(3,4)13-21(30)22(14)20/h7-9,11,15,20,27H,6,10,12-13H2,1-5H3,(H2,26,31)/b19-7+/t15-,20?/m0/s1. The number of hydrogen-bond acceptors (Lipinski definition) is 5. The Bertz CT molecular complexity index is 1070. The Labute approximate surface area is 189 Å². The zero-order valence-corrected chi connectivity index (χ0v) is 19.5. The van der Waals surface area contributed by atoms with E-state index in [9.17, 15) is 14.4 Å². The summed E-state index contributed by atoms with van der Waals surface area (Å²) in [6, 6.07) is 4.89. The largest absolute Gasteiger partial charge is 0.373 e. The molecule has 0 radical (unpaired) electrons. The number of likely N-dealkylation sites (N-methyl/N-ethyl adjacent to an activating group) is 1. The first-order chi connectivity index (χ1) is 15.0. The van der Waals surface area contributed by atoms with E-state index in [1.165, 1.54) is 0 Å². The third-order valence-electron chi connectivity index (χ3n) is 6.85. The highest BCUT2D eigenvalue weighted by Crippen LogP contribution is 2.48. The van der Waals surface area contributed by atoms with Gasteiger partial charge in [-0.3, -0.25) is 14.4 Å². The minimum Gasteiger partial charge on any atom is -0.373 e. The highest BCUT2D eigenvalue weighted by Gasteiger charge is 2.46. The second-order valence-corrected chi connectivity index (χ2v) is 9.99.